The maximum absolute atomic E-state index is 12.1. The van der Waals surface area contributed by atoms with Gasteiger partial charge in [-0.2, -0.15) is 0 Å². The highest BCUT2D eigenvalue weighted by Crippen LogP contribution is 2.37. The number of rotatable bonds is 8. The first-order valence-electron chi connectivity index (χ1n) is 10.7. The van der Waals surface area contributed by atoms with E-state index in [9.17, 15) is 40.2 Å². The summed E-state index contributed by atoms with van der Waals surface area (Å²) in [4.78, 5) is 24.1. The lowest BCUT2D eigenvalue weighted by Crippen LogP contribution is -2.57. The van der Waals surface area contributed by atoms with E-state index in [0.717, 1.165) is 0 Å². The number of aliphatic hydroxyl groups is 6. The molecule has 2 aliphatic rings. The Bertz CT molecular complexity index is 729. The lowest BCUT2D eigenvalue weighted by Gasteiger charge is -2.38. The number of hydrogen-bond acceptors (Lipinski definition) is 12. The summed E-state index contributed by atoms with van der Waals surface area (Å²) in [6.07, 6.45) is -9.29. The topological polar surface area (TPSA) is 192 Å². The molecule has 0 bridgehead atoms. The second kappa shape index (κ2) is 11.0. The fourth-order valence-electron chi connectivity index (χ4n) is 3.60. The van der Waals surface area contributed by atoms with Crippen LogP contribution in [0, 0.1) is 11.3 Å². The molecule has 1 fully saturated rings. The molecule has 0 aromatic heterocycles. The fourth-order valence-corrected chi connectivity index (χ4v) is 3.60. The van der Waals surface area contributed by atoms with E-state index in [4.69, 9.17) is 18.9 Å². The van der Waals surface area contributed by atoms with E-state index in [2.05, 4.69) is 0 Å². The van der Waals surface area contributed by atoms with Crippen molar-refractivity contribution in [3.8, 4) is 0 Å². The second-order valence-electron chi connectivity index (χ2n) is 9.37. The van der Waals surface area contributed by atoms with Gasteiger partial charge in [-0.15, -0.1) is 0 Å². The molecule has 0 spiro atoms. The predicted molar refractivity (Wildman–Crippen MR) is 110 cm³/mol. The Balaban J connectivity index is 1.79. The van der Waals surface area contributed by atoms with E-state index in [1.165, 1.54) is 6.92 Å². The van der Waals surface area contributed by atoms with Gasteiger partial charge in [0.1, 0.15) is 37.1 Å². The van der Waals surface area contributed by atoms with E-state index in [0.29, 0.717) is 0 Å². The zero-order valence-electron chi connectivity index (χ0n) is 19.1. The van der Waals surface area contributed by atoms with E-state index < -0.39 is 77.7 Å². The normalized spacial score (nSPS) is 33.6. The Morgan fingerprint density at radius 2 is 1.48 bits per heavy atom. The Morgan fingerprint density at radius 3 is 2.00 bits per heavy atom. The highest BCUT2D eigenvalue weighted by atomic mass is 16.6. The summed E-state index contributed by atoms with van der Waals surface area (Å²) in [7, 11) is 0. The summed E-state index contributed by atoms with van der Waals surface area (Å²) >= 11 is 0. The van der Waals surface area contributed by atoms with Crippen molar-refractivity contribution < 1.29 is 59.2 Å². The van der Waals surface area contributed by atoms with Gasteiger partial charge in [0, 0.05) is 5.92 Å². The predicted octanol–water partition coefficient (Wildman–Crippen LogP) is -0.570. The molecular weight excluding hydrogens is 444 g/mol. The first kappa shape index (κ1) is 27.3. The summed E-state index contributed by atoms with van der Waals surface area (Å²) < 4.78 is 20.7. The molecule has 2 aliphatic heterocycles. The quantitative estimate of drug-likeness (QED) is 0.244. The average Bonchev–Trinajstić information content (AvgIpc) is 2.98. The Morgan fingerprint density at radius 1 is 0.909 bits per heavy atom. The maximum atomic E-state index is 12.1. The Labute approximate surface area is 191 Å². The van der Waals surface area contributed by atoms with Crippen LogP contribution in [0.5, 0.6) is 0 Å². The summed E-state index contributed by atoms with van der Waals surface area (Å²) in [5.41, 5.74) is -0.543. The molecule has 190 valence electrons. The molecule has 6 N–H and O–H groups in total. The summed E-state index contributed by atoms with van der Waals surface area (Å²) in [5, 5.41) is 58.6. The summed E-state index contributed by atoms with van der Waals surface area (Å²) in [6, 6.07) is 0. The number of carbonyl (C=O) groups is 2. The average molecular weight is 478 g/mol. The number of hydrogen-bond donors (Lipinski definition) is 6. The van der Waals surface area contributed by atoms with E-state index >= 15 is 0 Å². The van der Waals surface area contributed by atoms with Crippen LogP contribution in [-0.4, -0.2) is 98.7 Å². The minimum atomic E-state index is -1.66. The van der Waals surface area contributed by atoms with Gasteiger partial charge < -0.3 is 49.6 Å². The standard InChI is InChI=1S/C21H34O12/c1-9-14(24)16(26)15(25)11(32-9)8-31-13(23)6-5-12(22)30-7-10(21(2,3)4)19-17(27)18(28)20(29)33-19/h9-11,14-16,19-20,24-29H,5-8H2,1-4H3. The highest BCUT2D eigenvalue weighted by molar-refractivity contribution is 5.77. The number of esters is 2. The van der Waals surface area contributed by atoms with Crippen LogP contribution in [0.2, 0.25) is 0 Å². The molecule has 33 heavy (non-hydrogen) atoms. The molecule has 0 amide bonds. The molecule has 0 aliphatic carbocycles. The molecule has 2 rings (SSSR count). The zero-order valence-corrected chi connectivity index (χ0v) is 19.1. The van der Waals surface area contributed by atoms with Gasteiger partial charge in [0.15, 0.2) is 11.5 Å². The Kier molecular flexibility index (Phi) is 9.08. The molecule has 12 nitrogen and oxygen atoms in total. The third kappa shape index (κ3) is 6.78. The van der Waals surface area contributed by atoms with E-state index in [1.54, 1.807) is 20.8 Å². The molecule has 8 unspecified atom stereocenters. The second-order valence-corrected chi connectivity index (χ2v) is 9.37. The largest absolute Gasteiger partial charge is 0.506 e. The molecule has 0 saturated carbocycles. The first-order valence-corrected chi connectivity index (χ1v) is 10.7. The molecule has 0 aromatic rings. The molecule has 0 radical (unpaired) electrons. The molecular formula is C21H34O12. The molecule has 8 atom stereocenters. The van der Waals surface area contributed by atoms with Gasteiger partial charge in [0.2, 0.25) is 6.29 Å². The zero-order chi connectivity index (χ0) is 25.1. The summed E-state index contributed by atoms with van der Waals surface area (Å²) in [6.45, 7) is 6.35. The lowest BCUT2D eigenvalue weighted by atomic mass is 9.77. The summed E-state index contributed by atoms with van der Waals surface area (Å²) in [5.74, 6) is -3.29. The van der Waals surface area contributed by atoms with Gasteiger partial charge in [-0.1, -0.05) is 20.8 Å². The van der Waals surface area contributed by atoms with Crippen molar-refractivity contribution in [1.29, 1.82) is 0 Å². The van der Waals surface area contributed by atoms with Crippen molar-refractivity contribution in [2.75, 3.05) is 13.2 Å². The van der Waals surface area contributed by atoms with E-state index in [1.807, 2.05) is 0 Å². The van der Waals surface area contributed by atoms with Gasteiger partial charge in [0.25, 0.3) is 0 Å². The van der Waals surface area contributed by atoms with Crippen molar-refractivity contribution >= 4 is 11.9 Å². The van der Waals surface area contributed by atoms with Gasteiger partial charge in [-0.05, 0) is 12.3 Å². The van der Waals surface area contributed by atoms with Crippen LogP contribution >= 0.6 is 0 Å². The van der Waals surface area contributed by atoms with Crippen LogP contribution in [0.25, 0.3) is 0 Å². The van der Waals surface area contributed by atoms with Crippen LogP contribution < -0.4 is 0 Å². The minimum absolute atomic E-state index is 0.202. The smallest absolute Gasteiger partial charge is 0.306 e. The van der Waals surface area contributed by atoms with Gasteiger partial charge >= 0.3 is 11.9 Å². The SMILES string of the molecule is CC1OC(COC(=O)CCC(=O)OCC(C2OC(O)C(O)=C2O)C(C)(C)C)C(O)C(O)C1O. The van der Waals surface area contributed by atoms with Crippen molar-refractivity contribution in [3.05, 3.63) is 11.5 Å². The van der Waals surface area contributed by atoms with Crippen molar-refractivity contribution in [2.45, 2.75) is 83.5 Å². The monoisotopic (exact) mass is 478 g/mol. The highest BCUT2D eigenvalue weighted by Gasteiger charge is 2.44. The van der Waals surface area contributed by atoms with Gasteiger partial charge in [0.05, 0.1) is 25.6 Å². The van der Waals surface area contributed by atoms with Crippen LogP contribution in [0.3, 0.4) is 0 Å². The first-order chi connectivity index (χ1) is 15.2. The number of ether oxygens (including phenoxy) is 4. The van der Waals surface area contributed by atoms with Crippen LogP contribution in [0.15, 0.2) is 11.5 Å². The Hall–Kier alpha value is -1.96. The third-order valence-electron chi connectivity index (χ3n) is 5.84. The molecule has 0 aromatic carbocycles. The van der Waals surface area contributed by atoms with Gasteiger partial charge in [-0.25, -0.2) is 0 Å². The maximum Gasteiger partial charge on any atom is 0.306 e. The number of aliphatic hydroxyl groups excluding tert-OH is 6. The van der Waals surface area contributed by atoms with Crippen molar-refractivity contribution in [3.63, 3.8) is 0 Å². The molecule has 1 saturated heterocycles. The van der Waals surface area contributed by atoms with Crippen molar-refractivity contribution in [2.24, 2.45) is 11.3 Å². The van der Waals surface area contributed by atoms with Gasteiger partial charge in [-0.3, -0.25) is 9.59 Å². The fraction of sp³-hybridized carbons (Fsp3) is 0.810. The molecule has 2 heterocycles. The van der Waals surface area contributed by atoms with Crippen LogP contribution in [-0.2, 0) is 28.5 Å². The lowest BCUT2D eigenvalue weighted by molar-refractivity contribution is -0.227. The van der Waals surface area contributed by atoms with E-state index in [-0.39, 0.29) is 26.1 Å². The van der Waals surface area contributed by atoms with Crippen LogP contribution in [0.1, 0.15) is 40.5 Å². The minimum Gasteiger partial charge on any atom is -0.506 e. The third-order valence-corrected chi connectivity index (χ3v) is 5.84. The van der Waals surface area contributed by atoms with Crippen molar-refractivity contribution in [1.82, 2.24) is 0 Å². The van der Waals surface area contributed by atoms with Crippen LogP contribution in [0.4, 0.5) is 0 Å². The number of carbonyl (C=O) groups excluding carboxylic acids is 2. The molecule has 12 heteroatoms.